The van der Waals surface area contributed by atoms with Crippen molar-refractivity contribution in [3.05, 3.63) is 40.3 Å². The van der Waals surface area contributed by atoms with Crippen LogP contribution >= 0.6 is 0 Å². The molecule has 138 valence electrons. The third kappa shape index (κ3) is 6.01. The largest absolute Gasteiger partial charge is 1.00 e. The zero-order chi connectivity index (χ0) is 19.2. The Morgan fingerprint density at radius 3 is 2.04 bits per heavy atom. The predicted octanol–water partition coefficient (Wildman–Crippen LogP) is -5.33. The van der Waals surface area contributed by atoms with Gasteiger partial charge in [-0.05, 0) is 24.6 Å². The second-order valence-electron chi connectivity index (χ2n) is 6.12. The Hall–Kier alpha value is 0.0500. The summed E-state index contributed by atoms with van der Waals surface area (Å²) in [5.41, 5.74) is -1.20. The predicted molar refractivity (Wildman–Crippen MR) is 85.6 cm³/mol. The van der Waals surface area contributed by atoms with E-state index < -0.39 is 46.7 Å². The Balaban J connectivity index is 0.00000338. The van der Waals surface area contributed by atoms with Crippen molar-refractivity contribution in [1.29, 1.82) is 0 Å². The maximum atomic E-state index is 12.3. The van der Waals surface area contributed by atoms with Crippen molar-refractivity contribution >= 4 is 20.2 Å². The molecular formula is C14H16N2Na2O7S2. The summed E-state index contributed by atoms with van der Waals surface area (Å²) in [4.78, 5) is 10.7. The molecule has 0 aliphatic rings. The normalized spacial score (nSPS) is 12.2. The maximum Gasteiger partial charge on any atom is 1.00 e. The van der Waals surface area contributed by atoms with Crippen LogP contribution in [-0.2, 0) is 25.7 Å². The van der Waals surface area contributed by atoms with Gasteiger partial charge in [0.2, 0.25) is 0 Å². The second-order valence-corrected chi connectivity index (χ2v) is 8.85. The van der Waals surface area contributed by atoms with Crippen LogP contribution < -0.4 is 64.7 Å². The summed E-state index contributed by atoms with van der Waals surface area (Å²) in [6, 6.07) is 3.32. The molecule has 0 amide bonds. The van der Waals surface area contributed by atoms with Crippen molar-refractivity contribution in [2.45, 2.75) is 42.4 Å². The van der Waals surface area contributed by atoms with Crippen LogP contribution in [0.4, 0.5) is 0 Å². The Kier molecular flexibility index (Phi) is 9.26. The monoisotopic (exact) mass is 434 g/mol. The van der Waals surface area contributed by atoms with Crippen molar-refractivity contribution in [3.8, 4) is 5.69 Å². The van der Waals surface area contributed by atoms with Crippen molar-refractivity contribution in [2.24, 2.45) is 0 Å². The molecule has 0 saturated carbocycles. The summed E-state index contributed by atoms with van der Waals surface area (Å²) in [6.45, 7) is 5.56. The molecule has 1 aromatic carbocycles. The van der Waals surface area contributed by atoms with Crippen LogP contribution in [0.25, 0.3) is 5.69 Å². The van der Waals surface area contributed by atoms with E-state index in [9.17, 15) is 30.7 Å². The fraction of sp³-hybridized carbons (Fsp3) is 0.357. The average molecular weight is 434 g/mol. The summed E-state index contributed by atoms with van der Waals surface area (Å²) in [7, 11) is -9.93. The van der Waals surface area contributed by atoms with E-state index in [-0.39, 0.29) is 59.1 Å². The van der Waals surface area contributed by atoms with E-state index in [1.807, 2.05) is 20.8 Å². The van der Waals surface area contributed by atoms with Gasteiger partial charge in [0.05, 0.1) is 15.5 Å². The van der Waals surface area contributed by atoms with Crippen LogP contribution in [0.1, 0.15) is 32.9 Å². The van der Waals surface area contributed by atoms with Crippen LogP contribution in [0.3, 0.4) is 0 Å². The third-order valence-corrected chi connectivity index (χ3v) is 5.78. The number of nitrogens with one attached hydrogen (secondary N) is 1. The van der Waals surface area contributed by atoms with Gasteiger partial charge >= 0.3 is 59.1 Å². The first-order valence-electron chi connectivity index (χ1n) is 7.16. The van der Waals surface area contributed by atoms with Gasteiger partial charge in [0.25, 0.3) is 5.56 Å². The van der Waals surface area contributed by atoms with E-state index in [0.29, 0.717) is 30.3 Å². The summed E-state index contributed by atoms with van der Waals surface area (Å²) in [6.07, 6.45) is 0.647. The number of benzene rings is 1. The number of H-pyrrole nitrogens is 1. The number of hydrogen-bond acceptors (Lipinski definition) is 7. The summed E-state index contributed by atoms with van der Waals surface area (Å²) < 4.78 is 68.7. The first-order valence-corrected chi connectivity index (χ1v) is 9.98. The molecule has 13 heteroatoms. The van der Waals surface area contributed by atoms with Crippen LogP contribution in [0, 0.1) is 0 Å². The minimum absolute atomic E-state index is 0. The number of hydrogen-bond donors (Lipinski definition) is 1. The fourth-order valence-electron chi connectivity index (χ4n) is 2.15. The quantitative estimate of drug-likeness (QED) is 0.364. The second kappa shape index (κ2) is 9.24. The molecule has 0 fully saturated rings. The number of aromatic amines is 1. The molecule has 0 saturated heterocycles. The van der Waals surface area contributed by atoms with Crippen molar-refractivity contribution in [1.82, 2.24) is 9.78 Å². The van der Waals surface area contributed by atoms with Gasteiger partial charge < -0.3 is 9.11 Å². The maximum absolute atomic E-state index is 12.3. The molecule has 0 bridgehead atoms. The molecule has 27 heavy (non-hydrogen) atoms. The minimum atomic E-state index is -5.02. The van der Waals surface area contributed by atoms with Crippen LogP contribution in [-0.4, -0.2) is 35.7 Å². The first kappa shape index (κ1) is 27.0. The summed E-state index contributed by atoms with van der Waals surface area (Å²) in [5.74, 6) is 0. The van der Waals surface area contributed by atoms with Crippen LogP contribution in [0.5, 0.6) is 0 Å². The molecule has 0 radical (unpaired) electrons. The molecular weight excluding hydrogens is 418 g/mol. The van der Waals surface area contributed by atoms with Gasteiger partial charge in [-0.1, -0.05) is 20.8 Å². The van der Waals surface area contributed by atoms with Gasteiger partial charge in [-0.25, -0.2) is 21.5 Å². The molecule has 1 aromatic heterocycles. The molecule has 0 spiro atoms. The van der Waals surface area contributed by atoms with Crippen molar-refractivity contribution in [3.63, 3.8) is 0 Å². The van der Waals surface area contributed by atoms with Crippen molar-refractivity contribution in [2.75, 3.05) is 0 Å². The Morgan fingerprint density at radius 1 is 1.04 bits per heavy atom. The van der Waals surface area contributed by atoms with Gasteiger partial charge in [0.15, 0.2) is 0 Å². The zero-order valence-corrected chi connectivity index (χ0v) is 21.3. The summed E-state index contributed by atoms with van der Waals surface area (Å²) >= 11 is 0. The van der Waals surface area contributed by atoms with Gasteiger partial charge in [-0.2, -0.15) is 0 Å². The van der Waals surface area contributed by atoms with Gasteiger partial charge in [-0.3, -0.25) is 9.89 Å². The van der Waals surface area contributed by atoms with Crippen molar-refractivity contribution < 1.29 is 85.1 Å². The van der Waals surface area contributed by atoms with E-state index in [1.165, 1.54) is 6.07 Å². The van der Waals surface area contributed by atoms with Gasteiger partial charge in [0, 0.05) is 17.2 Å². The SMILES string of the molecule is CCC(C)(C)c1cc(=O)n(-c2cc(S(=O)(=O)[O-])ccc2S(=O)(=O)[O-])[nH]1.[Na+].[Na+]. The van der Waals surface area contributed by atoms with Gasteiger partial charge in [-0.15, -0.1) is 0 Å². The van der Waals surface area contributed by atoms with Crippen LogP contribution in [0.15, 0.2) is 38.9 Å². The molecule has 2 aromatic rings. The van der Waals surface area contributed by atoms with Crippen LogP contribution in [0.2, 0.25) is 0 Å². The molecule has 1 heterocycles. The molecule has 1 N–H and O–H groups in total. The number of aromatic nitrogens is 2. The molecule has 0 unspecified atom stereocenters. The number of nitrogens with zero attached hydrogens (tertiary/aromatic N) is 1. The minimum Gasteiger partial charge on any atom is -0.744 e. The smallest absolute Gasteiger partial charge is 0.744 e. The van der Waals surface area contributed by atoms with E-state index in [0.717, 1.165) is 4.68 Å². The molecule has 0 aliphatic heterocycles. The molecule has 2 rings (SSSR count). The molecule has 9 nitrogen and oxygen atoms in total. The molecule has 0 aliphatic carbocycles. The molecule has 0 atom stereocenters. The third-order valence-electron chi connectivity index (χ3n) is 4.06. The Morgan fingerprint density at radius 2 is 1.59 bits per heavy atom. The van der Waals surface area contributed by atoms with Gasteiger partial charge in [0.1, 0.15) is 20.2 Å². The van der Waals surface area contributed by atoms with E-state index in [1.54, 1.807) is 0 Å². The van der Waals surface area contributed by atoms with E-state index in [2.05, 4.69) is 5.10 Å². The average Bonchev–Trinajstić information content (AvgIpc) is 2.87. The fourth-order valence-corrected chi connectivity index (χ4v) is 3.28. The standard InChI is InChI=1S/C14H18N2O7S2.2Na/c1-4-14(2,3)12-8-13(17)16(15-12)10-7-9(24(18,19)20)5-6-11(10)25(21,22)23;;/h5-8,15H,4H2,1-3H3,(H,18,19,20)(H,21,22,23);;/q;2*+1/p-2. The number of rotatable bonds is 5. The van der Waals surface area contributed by atoms with E-state index >= 15 is 0 Å². The summed E-state index contributed by atoms with van der Waals surface area (Å²) in [5, 5.41) is 2.68. The Bertz CT molecular complexity index is 1090. The zero-order valence-electron chi connectivity index (χ0n) is 15.6. The Labute approximate surface area is 201 Å². The first-order chi connectivity index (χ1) is 11.3. The topological polar surface area (TPSA) is 152 Å². The van der Waals surface area contributed by atoms with E-state index in [4.69, 9.17) is 0 Å².